The molecule has 2 aromatic carbocycles. The molecule has 16 heavy (non-hydrogen) atoms. The summed E-state index contributed by atoms with van der Waals surface area (Å²) in [5.41, 5.74) is 2.52. The summed E-state index contributed by atoms with van der Waals surface area (Å²) in [6.07, 6.45) is 0. The maximum absolute atomic E-state index is 9.09. The van der Waals surface area contributed by atoms with Gasteiger partial charge >= 0.3 is 7.12 Å². The van der Waals surface area contributed by atoms with Crippen molar-refractivity contribution in [3.05, 3.63) is 53.0 Å². The molecule has 0 bridgehead atoms. The molecular formula is C12H10BBrO2. The Bertz CT molecular complexity index is 483. The fourth-order valence-corrected chi connectivity index (χ4v) is 1.79. The van der Waals surface area contributed by atoms with E-state index in [9.17, 15) is 0 Å². The van der Waals surface area contributed by atoms with Crippen molar-refractivity contribution in [2.45, 2.75) is 0 Å². The Morgan fingerprint density at radius 3 is 2.19 bits per heavy atom. The van der Waals surface area contributed by atoms with E-state index in [-0.39, 0.29) is 0 Å². The SMILES string of the molecule is OB(O)c1cccc(-c2ccc(Br)cc2)c1. The third kappa shape index (κ3) is 2.53. The van der Waals surface area contributed by atoms with Crippen molar-refractivity contribution in [3.8, 4) is 11.1 Å². The fraction of sp³-hybridized carbons (Fsp3) is 0. The first kappa shape index (κ1) is 11.4. The van der Waals surface area contributed by atoms with E-state index >= 15 is 0 Å². The van der Waals surface area contributed by atoms with Gasteiger partial charge in [0, 0.05) is 4.47 Å². The topological polar surface area (TPSA) is 40.5 Å². The predicted octanol–water partition coefficient (Wildman–Crippen LogP) is 1.80. The third-order valence-electron chi connectivity index (χ3n) is 2.36. The van der Waals surface area contributed by atoms with Gasteiger partial charge in [-0.1, -0.05) is 52.3 Å². The highest BCUT2D eigenvalue weighted by Crippen LogP contribution is 2.20. The first-order valence-corrected chi connectivity index (χ1v) is 5.68. The minimum Gasteiger partial charge on any atom is -0.423 e. The van der Waals surface area contributed by atoms with Crippen molar-refractivity contribution < 1.29 is 10.0 Å². The minimum atomic E-state index is -1.42. The molecule has 0 aliphatic carbocycles. The molecule has 0 heterocycles. The quantitative estimate of drug-likeness (QED) is 0.822. The smallest absolute Gasteiger partial charge is 0.423 e. The van der Waals surface area contributed by atoms with Crippen LogP contribution in [0.2, 0.25) is 0 Å². The second kappa shape index (κ2) is 4.83. The summed E-state index contributed by atoms with van der Waals surface area (Å²) in [4.78, 5) is 0. The lowest BCUT2D eigenvalue weighted by molar-refractivity contribution is 0.426. The summed E-state index contributed by atoms with van der Waals surface area (Å²) >= 11 is 3.38. The summed E-state index contributed by atoms with van der Waals surface area (Å²) in [5.74, 6) is 0. The van der Waals surface area contributed by atoms with Gasteiger partial charge in [-0.05, 0) is 28.7 Å². The number of hydrogen-bond donors (Lipinski definition) is 2. The van der Waals surface area contributed by atoms with Crippen LogP contribution >= 0.6 is 15.9 Å². The predicted molar refractivity (Wildman–Crippen MR) is 69.4 cm³/mol. The zero-order valence-electron chi connectivity index (χ0n) is 8.47. The van der Waals surface area contributed by atoms with Gasteiger partial charge in [0.1, 0.15) is 0 Å². The Kier molecular flexibility index (Phi) is 3.44. The van der Waals surface area contributed by atoms with E-state index in [2.05, 4.69) is 15.9 Å². The highest BCUT2D eigenvalue weighted by Gasteiger charge is 2.10. The summed E-state index contributed by atoms with van der Waals surface area (Å²) in [6, 6.07) is 15.1. The monoisotopic (exact) mass is 276 g/mol. The minimum absolute atomic E-state index is 0.500. The van der Waals surface area contributed by atoms with Crippen LogP contribution in [0, 0.1) is 0 Å². The fourth-order valence-electron chi connectivity index (χ4n) is 1.52. The van der Waals surface area contributed by atoms with E-state index in [0.29, 0.717) is 5.46 Å². The highest BCUT2D eigenvalue weighted by molar-refractivity contribution is 9.10. The molecule has 2 nitrogen and oxygen atoms in total. The van der Waals surface area contributed by atoms with Gasteiger partial charge < -0.3 is 10.0 Å². The maximum Gasteiger partial charge on any atom is 0.488 e. The van der Waals surface area contributed by atoms with Crippen molar-refractivity contribution >= 4 is 28.5 Å². The molecule has 2 N–H and O–H groups in total. The van der Waals surface area contributed by atoms with Gasteiger partial charge in [-0.25, -0.2) is 0 Å². The average molecular weight is 277 g/mol. The highest BCUT2D eigenvalue weighted by atomic mass is 79.9. The normalized spacial score (nSPS) is 10.2. The Labute approximate surface area is 103 Å². The van der Waals surface area contributed by atoms with E-state index in [4.69, 9.17) is 10.0 Å². The van der Waals surface area contributed by atoms with E-state index in [0.717, 1.165) is 15.6 Å². The largest absolute Gasteiger partial charge is 0.488 e. The van der Waals surface area contributed by atoms with Gasteiger partial charge in [0.15, 0.2) is 0 Å². The van der Waals surface area contributed by atoms with Crippen LogP contribution in [0.15, 0.2) is 53.0 Å². The van der Waals surface area contributed by atoms with E-state index in [1.165, 1.54) is 0 Å². The molecule has 0 aliphatic rings. The standard InChI is InChI=1S/C12H10BBrO2/c14-12-6-4-9(5-7-12)10-2-1-3-11(8-10)13(15)16/h1-8,15-16H. The van der Waals surface area contributed by atoms with Crippen LogP contribution in [0.5, 0.6) is 0 Å². The van der Waals surface area contributed by atoms with E-state index in [1.807, 2.05) is 36.4 Å². The van der Waals surface area contributed by atoms with Crippen molar-refractivity contribution in [3.63, 3.8) is 0 Å². The van der Waals surface area contributed by atoms with Gasteiger partial charge in [-0.3, -0.25) is 0 Å². The molecule has 0 aliphatic heterocycles. The molecule has 0 amide bonds. The number of benzene rings is 2. The van der Waals surface area contributed by atoms with Crippen LogP contribution in [0.25, 0.3) is 11.1 Å². The van der Waals surface area contributed by atoms with Gasteiger partial charge in [0.25, 0.3) is 0 Å². The molecule has 0 spiro atoms. The first-order chi connectivity index (χ1) is 7.66. The second-order valence-electron chi connectivity index (χ2n) is 3.51. The summed E-state index contributed by atoms with van der Waals surface area (Å²) in [6.45, 7) is 0. The molecule has 0 saturated carbocycles. The van der Waals surface area contributed by atoms with E-state index in [1.54, 1.807) is 12.1 Å². The zero-order chi connectivity index (χ0) is 11.5. The van der Waals surface area contributed by atoms with Crippen molar-refractivity contribution in [1.29, 1.82) is 0 Å². The van der Waals surface area contributed by atoms with Gasteiger partial charge in [-0.2, -0.15) is 0 Å². The average Bonchev–Trinajstić information content (AvgIpc) is 2.30. The summed E-state index contributed by atoms with van der Waals surface area (Å²) < 4.78 is 1.02. The number of rotatable bonds is 2. The Morgan fingerprint density at radius 2 is 1.56 bits per heavy atom. The van der Waals surface area contributed by atoms with Crippen LogP contribution in [0.3, 0.4) is 0 Å². The zero-order valence-corrected chi connectivity index (χ0v) is 10.1. The third-order valence-corrected chi connectivity index (χ3v) is 2.89. The molecule has 2 rings (SSSR count). The molecule has 2 aromatic rings. The van der Waals surface area contributed by atoms with Crippen LogP contribution in [0.1, 0.15) is 0 Å². The Balaban J connectivity index is 2.40. The second-order valence-corrected chi connectivity index (χ2v) is 4.42. The van der Waals surface area contributed by atoms with Crippen LogP contribution in [-0.4, -0.2) is 17.2 Å². The molecule has 0 saturated heterocycles. The molecule has 0 fully saturated rings. The first-order valence-electron chi connectivity index (χ1n) is 4.89. The molecule has 80 valence electrons. The molecular weight excluding hydrogens is 267 g/mol. The molecule has 0 unspecified atom stereocenters. The maximum atomic E-state index is 9.09. The van der Waals surface area contributed by atoms with Crippen LogP contribution in [-0.2, 0) is 0 Å². The van der Waals surface area contributed by atoms with Crippen LogP contribution in [0.4, 0.5) is 0 Å². The van der Waals surface area contributed by atoms with Gasteiger partial charge in [0.05, 0.1) is 0 Å². The summed E-state index contributed by atoms with van der Waals surface area (Å²) in [7, 11) is -1.42. The molecule has 4 heteroatoms. The molecule has 0 radical (unpaired) electrons. The lowest BCUT2D eigenvalue weighted by Gasteiger charge is -2.05. The van der Waals surface area contributed by atoms with E-state index < -0.39 is 7.12 Å². The Morgan fingerprint density at radius 1 is 0.875 bits per heavy atom. The Hall–Kier alpha value is -1.10. The van der Waals surface area contributed by atoms with Gasteiger partial charge in [0.2, 0.25) is 0 Å². The van der Waals surface area contributed by atoms with Crippen LogP contribution < -0.4 is 5.46 Å². The molecule has 0 atom stereocenters. The number of halogens is 1. The van der Waals surface area contributed by atoms with Crippen molar-refractivity contribution in [2.75, 3.05) is 0 Å². The lowest BCUT2D eigenvalue weighted by Crippen LogP contribution is -2.29. The molecule has 0 aromatic heterocycles. The van der Waals surface area contributed by atoms with Crippen molar-refractivity contribution in [2.24, 2.45) is 0 Å². The van der Waals surface area contributed by atoms with Crippen molar-refractivity contribution in [1.82, 2.24) is 0 Å². The van der Waals surface area contributed by atoms with Gasteiger partial charge in [-0.15, -0.1) is 0 Å². The lowest BCUT2D eigenvalue weighted by atomic mass is 9.79. The summed E-state index contributed by atoms with van der Waals surface area (Å²) in [5, 5.41) is 18.2. The number of hydrogen-bond acceptors (Lipinski definition) is 2.